The van der Waals surface area contributed by atoms with Crippen LogP contribution in [0.4, 0.5) is 11.4 Å². The molecule has 0 aliphatic carbocycles. The van der Waals surface area contributed by atoms with Crippen molar-refractivity contribution in [3.05, 3.63) is 61.2 Å². The van der Waals surface area contributed by atoms with E-state index in [0.717, 1.165) is 17.2 Å². The average molecular weight is 312 g/mol. The molecule has 0 heterocycles. The summed E-state index contributed by atoms with van der Waals surface area (Å²) in [4.78, 5) is 11.9. The van der Waals surface area contributed by atoms with Gasteiger partial charge in [0.2, 0.25) is 5.91 Å². The van der Waals surface area contributed by atoms with Crippen molar-refractivity contribution in [2.75, 3.05) is 30.9 Å². The minimum absolute atomic E-state index is 0.132. The highest BCUT2D eigenvalue weighted by Crippen LogP contribution is 2.17. The van der Waals surface area contributed by atoms with E-state index >= 15 is 0 Å². The van der Waals surface area contributed by atoms with E-state index < -0.39 is 0 Å². The third-order valence-electron chi connectivity index (χ3n) is 3.03. The van der Waals surface area contributed by atoms with Gasteiger partial charge in [0.1, 0.15) is 18.1 Å². The first kappa shape index (κ1) is 16.4. The number of carbonyl (C=O) groups excluding carboxylic acids is 1. The maximum absolute atomic E-state index is 11.9. The van der Waals surface area contributed by atoms with E-state index in [2.05, 4.69) is 17.2 Å². The third-order valence-corrected chi connectivity index (χ3v) is 3.03. The molecule has 0 saturated carbocycles. The second-order valence-corrected chi connectivity index (χ2v) is 4.76. The van der Waals surface area contributed by atoms with E-state index in [1.54, 1.807) is 37.5 Å². The number of amides is 1. The first-order valence-corrected chi connectivity index (χ1v) is 7.23. The topological polar surface area (TPSA) is 59.6 Å². The van der Waals surface area contributed by atoms with Crippen molar-refractivity contribution in [3.8, 4) is 11.5 Å². The molecule has 0 fully saturated rings. The molecule has 2 aromatic carbocycles. The Morgan fingerprint density at radius 2 is 1.91 bits per heavy atom. The molecule has 0 saturated heterocycles. The molecular weight excluding hydrogens is 292 g/mol. The number of rotatable bonds is 8. The van der Waals surface area contributed by atoms with Gasteiger partial charge >= 0.3 is 0 Å². The molecule has 120 valence electrons. The average Bonchev–Trinajstić information content (AvgIpc) is 2.59. The van der Waals surface area contributed by atoms with Gasteiger partial charge < -0.3 is 20.1 Å². The molecule has 0 spiro atoms. The van der Waals surface area contributed by atoms with Crippen molar-refractivity contribution in [1.29, 1.82) is 0 Å². The predicted molar refractivity (Wildman–Crippen MR) is 92.2 cm³/mol. The minimum Gasteiger partial charge on any atom is -0.497 e. The van der Waals surface area contributed by atoms with Gasteiger partial charge in [0.25, 0.3) is 0 Å². The number of benzene rings is 2. The van der Waals surface area contributed by atoms with E-state index in [1.807, 2.05) is 24.3 Å². The summed E-state index contributed by atoms with van der Waals surface area (Å²) < 4.78 is 10.5. The van der Waals surface area contributed by atoms with Crippen LogP contribution in [0.25, 0.3) is 0 Å². The molecule has 0 aromatic heterocycles. The lowest BCUT2D eigenvalue weighted by Gasteiger charge is -2.09. The monoisotopic (exact) mass is 312 g/mol. The Hall–Kier alpha value is -2.95. The molecule has 1 amide bonds. The lowest BCUT2D eigenvalue weighted by Crippen LogP contribution is -2.21. The number of hydrogen-bond acceptors (Lipinski definition) is 4. The van der Waals surface area contributed by atoms with Gasteiger partial charge in [-0.1, -0.05) is 18.7 Å². The summed E-state index contributed by atoms with van der Waals surface area (Å²) in [5, 5.41) is 5.87. The van der Waals surface area contributed by atoms with Crippen LogP contribution in [0.3, 0.4) is 0 Å². The van der Waals surface area contributed by atoms with Crippen LogP contribution in [0, 0.1) is 0 Å². The van der Waals surface area contributed by atoms with Gasteiger partial charge in [0.05, 0.1) is 13.7 Å². The van der Waals surface area contributed by atoms with Crippen molar-refractivity contribution in [2.24, 2.45) is 0 Å². The molecule has 2 aromatic rings. The number of ether oxygens (including phenoxy) is 2. The standard InChI is InChI=1S/C18H20N2O3/c1-3-11-23-16-9-7-14(8-10-16)20-18(21)13-19-15-5-4-6-17(12-15)22-2/h3-10,12,19H,1,11,13H2,2H3,(H,20,21). The fourth-order valence-electron chi connectivity index (χ4n) is 1.91. The lowest BCUT2D eigenvalue weighted by molar-refractivity contribution is -0.114. The van der Waals surface area contributed by atoms with Gasteiger partial charge in [-0.2, -0.15) is 0 Å². The molecule has 0 bridgehead atoms. The quantitative estimate of drug-likeness (QED) is 0.734. The Labute approximate surface area is 135 Å². The molecule has 5 heteroatoms. The minimum atomic E-state index is -0.132. The van der Waals surface area contributed by atoms with E-state index in [-0.39, 0.29) is 12.5 Å². The van der Waals surface area contributed by atoms with Crippen LogP contribution in [0.1, 0.15) is 0 Å². The van der Waals surface area contributed by atoms with Gasteiger partial charge in [-0.3, -0.25) is 4.79 Å². The maximum atomic E-state index is 11.9. The van der Waals surface area contributed by atoms with Gasteiger partial charge in [-0.15, -0.1) is 0 Å². The van der Waals surface area contributed by atoms with Crippen LogP contribution in [0.5, 0.6) is 11.5 Å². The van der Waals surface area contributed by atoms with Crippen molar-refractivity contribution in [2.45, 2.75) is 0 Å². The number of methoxy groups -OCH3 is 1. The zero-order valence-corrected chi connectivity index (χ0v) is 13.0. The number of nitrogens with one attached hydrogen (secondary N) is 2. The largest absolute Gasteiger partial charge is 0.497 e. The summed E-state index contributed by atoms with van der Waals surface area (Å²) >= 11 is 0. The highest BCUT2D eigenvalue weighted by atomic mass is 16.5. The van der Waals surface area contributed by atoms with Crippen molar-refractivity contribution >= 4 is 17.3 Å². The molecular formula is C18H20N2O3. The predicted octanol–water partition coefficient (Wildman–Crippen LogP) is 3.31. The van der Waals surface area contributed by atoms with Crippen LogP contribution in [0.15, 0.2) is 61.2 Å². The summed E-state index contributed by atoms with van der Waals surface area (Å²) in [5.41, 5.74) is 1.54. The lowest BCUT2D eigenvalue weighted by atomic mass is 10.3. The smallest absolute Gasteiger partial charge is 0.243 e. The molecule has 0 aliphatic rings. The first-order chi connectivity index (χ1) is 11.2. The highest BCUT2D eigenvalue weighted by molar-refractivity contribution is 5.93. The Balaban J connectivity index is 1.83. The number of hydrogen-bond donors (Lipinski definition) is 2. The van der Waals surface area contributed by atoms with E-state index in [1.165, 1.54) is 0 Å². The summed E-state index contributed by atoms with van der Waals surface area (Å²) in [6.07, 6.45) is 1.68. The van der Waals surface area contributed by atoms with Crippen molar-refractivity contribution in [1.82, 2.24) is 0 Å². The second-order valence-electron chi connectivity index (χ2n) is 4.76. The summed E-state index contributed by atoms with van der Waals surface area (Å²) in [5.74, 6) is 1.34. The molecule has 23 heavy (non-hydrogen) atoms. The SMILES string of the molecule is C=CCOc1ccc(NC(=O)CNc2cccc(OC)c2)cc1. The van der Waals surface area contributed by atoms with Crippen LogP contribution in [-0.4, -0.2) is 26.2 Å². The highest BCUT2D eigenvalue weighted by Gasteiger charge is 2.03. The Morgan fingerprint density at radius 1 is 1.13 bits per heavy atom. The summed E-state index contributed by atoms with van der Waals surface area (Å²) in [6.45, 7) is 4.22. The molecule has 0 atom stereocenters. The molecule has 5 nitrogen and oxygen atoms in total. The number of anilines is 2. The molecule has 0 unspecified atom stereocenters. The van der Waals surface area contributed by atoms with Gasteiger partial charge in [0.15, 0.2) is 0 Å². The van der Waals surface area contributed by atoms with Crippen molar-refractivity contribution in [3.63, 3.8) is 0 Å². The molecule has 2 rings (SSSR count). The van der Waals surface area contributed by atoms with E-state index in [0.29, 0.717) is 12.3 Å². The third kappa shape index (κ3) is 5.39. The van der Waals surface area contributed by atoms with E-state index in [9.17, 15) is 4.79 Å². The van der Waals surface area contributed by atoms with Crippen molar-refractivity contribution < 1.29 is 14.3 Å². The maximum Gasteiger partial charge on any atom is 0.243 e. The second kappa shape index (κ2) is 8.48. The first-order valence-electron chi connectivity index (χ1n) is 7.23. The van der Waals surface area contributed by atoms with Crippen LogP contribution < -0.4 is 20.1 Å². The zero-order valence-electron chi connectivity index (χ0n) is 13.0. The Bertz CT molecular complexity index is 654. The Morgan fingerprint density at radius 3 is 2.61 bits per heavy atom. The molecule has 0 radical (unpaired) electrons. The van der Waals surface area contributed by atoms with Gasteiger partial charge in [-0.25, -0.2) is 0 Å². The fourth-order valence-corrected chi connectivity index (χ4v) is 1.91. The Kier molecular flexibility index (Phi) is 6.06. The normalized spacial score (nSPS) is 9.78. The van der Waals surface area contributed by atoms with Crippen LogP contribution in [-0.2, 0) is 4.79 Å². The molecule has 2 N–H and O–H groups in total. The fraction of sp³-hybridized carbons (Fsp3) is 0.167. The van der Waals surface area contributed by atoms with Gasteiger partial charge in [-0.05, 0) is 36.4 Å². The zero-order chi connectivity index (χ0) is 16.5. The number of carbonyl (C=O) groups is 1. The van der Waals surface area contributed by atoms with E-state index in [4.69, 9.17) is 9.47 Å². The van der Waals surface area contributed by atoms with Gasteiger partial charge in [0, 0.05) is 17.4 Å². The van der Waals surface area contributed by atoms with Crippen LogP contribution in [0.2, 0.25) is 0 Å². The summed E-state index contributed by atoms with van der Waals surface area (Å²) in [7, 11) is 1.61. The summed E-state index contributed by atoms with van der Waals surface area (Å²) in [6, 6.07) is 14.6. The van der Waals surface area contributed by atoms with Crippen LogP contribution >= 0.6 is 0 Å². The molecule has 0 aliphatic heterocycles.